The molecule has 0 fully saturated rings. The standard InChI is InChI=1S/C25H27N3O/c1-18(21-13-12-19-7-2-3-9-22(19)15-21)27-17-23(16-26)25(29)28-14-6-10-20-8-4-5-11-24(20)28/h4-5,8,11-13,15,17-18,27H,2-3,6-7,9-10,14H2,1H3/b23-17-. The van der Waals surface area contributed by atoms with Crippen molar-refractivity contribution in [2.45, 2.75) is 51.5 Å². The molecule has 1 aliphatic heterocycles. The molecule has 4 heteroatoms. The summed E-state index contributed by atoms with van der Waals surface area (Å²) in [5, 5.41) is 12.9. The van der Waals surface area contributed by atoms with E-state index in [-0.39, 0.29) is 17.5 Å². The second kappa shape index (κ2) is 8.53. The Morgan fingerprint density at radius 2 is 1.83 bits per heavy atom. The minimum atomic E-state index is -0.232. The van der Waals surface area contributed by atoms with Crippen LogP contribution in [-0.2, 0) is 24.1 Å². The van der Waals surface area contributed by atoms with Gasteiger partial charge in [0.2, 0.25) is 0 Å². The fourth-order valence-electron chi connectivity index (χ4n) is 4.36. The number of para-hydroxylation sites is 1. The monoisotopic (exact) mass is 385 g/mol. The van der Waals surface area contributed by atoms with E-state index in [9.17, 15) is 10.1 Å². The van der Waals surface area contributed by atoms with Gasteiger partial charge in [0.1, 0.15) is 11.6 Å². The number of nitriles is 1. The molecule has 0 radical (unpaired) electrons. The number of carbonyl (C=O) groups is 1. The molecule has 1 N–H and O–H groups in total. The van der Waals surface area contributed by atoms with Crippen molar-refractivity contribution in [1.29, 1.82) is 5.26 Å². The fourth-order valence-corrected chi connectivity index (χ4v) is 4.36. The van der Waals surface area contributed by atoms with Gasteiger partial charge in [-0.15, -0.1) is 0 Å². The molecule has 0 saturated heterocycles. The predicted molar refractivity (Wildman–Crippen MR) is 115 cm³/mol. The van der Waals surface area contributed by atoms with Crippen molar-refractivity contribution in [2.75, 3.05) is 11.4 Å². The first-order chi connectivity index (χ1) is 14.2. The first-order valence-electron chi connectivity index (χ1n) is 10.5. The molecular weight excluding hydrogens is 358 g/mol. The van der Waals surface area contributed by atoms with Crippen molar-refractivity contribution < 1.29 is 4.79 Å². The van der Waals surface area contributed by atoms with Crippen LogP contribution in [0, 0.1) is 11.3 Å². The number of aryl methyl sites for hydroxylation is 3. The topological polar surface area (TPSA) is 56.1 Å². The molecule has 0 bridgehead atoms. The molecule has 1 amide bonds. The van der Waals surface area contributed by atoms with Crippen LogP contribution in [0.1, 0.15) is 54.5 Å². The molecule has 0 aromatic heterocycles. The normalized spacial score (nSPS) is 17.0. The summed E-state index contributed by atoms with van der Waals surface area (Å²) in [6.45, 7) is 2.71. The largest absolute Gasteiger partial charge is 0.383 e. The Morgan fingerprint density at radius 1 is 1.07 bits per heavy atom. The molecule has 2 aliphatic rings. The number of amides is 1. The van der Waals surface area contributed by atoms with E-state index in [1.165, 1.54) is 41.5 Å². The highest BCUT2D eigenvalue weighted by atomic mass is 16.2. The lowest BCUT2D eigenvalue weighted by molar-refractivity contribution is -0.114. The molecule has 2 aromatic rings. The Balaban J connectivity index is 1.50. The molecule has 4 nitrogen and oxygen atoms in total. The summed E-state index contributed by atoms with van der Waals surface area (Å²) in [4.78, 5) is 14.8. The zero-order chi connectivity index (χ0) is 20.2. The molecule has 148 valence electrons. The van der Waals surface area contributed by atoms with Gasteiger partial charge in [-0.3, -0.25) is 4.79 Å². The second-order valence-electron chi connectivity index (χ2n) is 7.98. The minimum Gasteiger partial charge on any atom is -0.383 e. The molecular formula is C25H27N3O. The van der Waals surface area contributed by atoms with Gasteiger partial charge in [0.15, 0.2) is 0 Å². The molecule has 4 rings (SSSR count). The van der Waals surface area contributed by atoms with E-state index in [1.807, 2.05) is 18.2 Å². The molecule has 29 heavy (non-hydrogen) atoms. The van der Waals surface area contributed by atoms with E-state index < -0.39 is 0 Å². The maximum atomic E-state index is 13.0. The number of anilines is 1. The van der Waals surface area contributed by atoms with Crippen LogP contribution in [0.2, 0.25) is 0 Å². The maximum absolute atomic E-state index is 13.0. The number of fused-ring (bicyclic) bond motifs is 2. The number of nitrogens with zero attached hydrogens (tertiary/aromatic N) is 2. The quantitative estimate of drug-likeness (QED) is 0.618. The third-order valence-corrected chi connectivity index (χ3v) is 6.06. The Kier molecular flexibility index (Phi) is 5.67. The van der Waals surface area contributed by atoms with Crippen molar-refractivity contribution in [2.24, 2.45) is 0 Å². The van der Waals surface area contributed by atoms with E-state index >= 15 is 0 Å². The first-order valence-corrected chi connectivity index (χ1v) is 10.5. The highest BCUT2D eigenvalue weighted by Gasteiger charge is 2.25. The minimum absolute atomic E-state index is 0.0343. The van der Waals surface area contributed by atoms with Crippen LogP contribution in [0.15, 0.2) is 54.2 Å². The Hall–Kier alpha value is -3.06. The second-order valence-corrected chi connectivity index (χ2v) is 7.98. The highest BCUT2D eigenvalue weighted by molar-refractivity contribution is 6.08. The number of carbonyl (C=O) groups excluding carboxylic acids is 1. The zero-order valence-corrected chi connectivity index (χ0v) is 16.9. The lowest BCUT2D eigenvalue weighted by atomic mass is 9.89. The summed E-state index contributed by atoms with van der Waals surface area (Å²) in [6.07, 6.45) is 8.31. The van der Waals surface area contributed by atoms with Gasteiger partial charge in [-0.2, -0.15) is 5.26 Å². The van der Waals surface area contributed by atoms with Crippen LogP contribution in [0.3, 0.4) is 0 Å². The summed E-state index contributed by atoms with van der Waals surface area (Å²) in [7, 11) is 0. The molecule has 1 aliphatic carbocycles. The summed E-state index contributed by atoms with van der Waals surface area (Å²) in [6, 6.07) is 16.7. The van der Waals surface area contributed by atoms with Crippen molar-refractivity contribution in [3.63, 3.8) is 0 Å². The Bertz CT molecular complexity index is 986. The number of hydrogen-bond acceptors (Lipinski definition) is 3. The van der Waals surface area contributed by atoms with Crippen molar-refractivity contribution in [3.8, 4) is 6.07 Å². The molecule has 1 heterocycles. The van der Waals surface area contributed by atoms with Gasteiger partial charge >= 0.3 is 0 Å². The molecule has 1 atom stereocenters. The molecule has 1 unspecified atom stereocenters. The molecule has 2 aromatic carbocycles. The van der Waals surface area contributed by atoms with Crippen LogP contribution in [-0.4, -0.2) is 12.5 Å². The summed E-state index contributed by atoms with van der Waals surface area (Å²) >= 11 is 0. The smallest absolute Gasteiger partial charge is 0.270 e. The van der Waals surface area contributed by atoms with Crippen LogP contribution in [0.5, 0.6) is 0 Å². The summed E-state index contributed by atoms with van der Waals surface area (Å²) in [5.41, 5.74) is 6.32. The van der Waals surface area contributed by atoms with Gasteiger partial charge in [0.25, 0.3) is 5.91 Å². The summed E-state index contributed by atoms with van der Waals surface area (Å²) in [5.74, 6) is -0.232. The highest BCUT2D eigenvalue weighted by Crippen LogP contribution is 2.28. The van der Waals surface area contributed by atoms with E-state index in [0.29, 0.717) is 6.54 Å². The first kappa shape index (κ1) is 19.3. The van der Waals surface area contributed by atoms with Gasteiger partial charge in [-0.25, -0.2) is 0 Å². The number of rotatable bonds is 4. The van der Waals surface area contributed by atoms with Gasteiger partial charge in [-0.05, 0) is 73.8 Å². The van der Waals surface area contributed by atoms with Crippen molar-refractivity contribution in [3.05, 3.63) is 76.5 Å². The van der Waals surface area contributed by atoms with Crippen molar-refractivity contribution >= 4 is 11.6 Å². The average Bonchev–Trinajstić information content (AvgIpc) is 2.78. The third-order valence-electron chi connectivity index (χ3n) is 6.06. The third kappa shape index (κ3) is 4.05. The molecule has 0 saturated carbocycles. The Morgan fingerprint density at radius 3 is 2.66 bits per heavy atom. The number of benzene rings is 2. The lowest BCUT2D eigenvalue weighted by Gasteiger charge is -2.29. The van der Waals surface area contributed by atoms with E-state index in [2.05, 4.69) is 42.6 Å². The van der Waals surface area contributed by atoms with Crippen LogP contribution < -0.4 is 10.2 Å². The van der Waals surface area contributed by atoms with Crippen LogP contribution >= 0.6 is 0 Å². The van der Waals surface area contributed by atoms with Crippen molar-refractivity contribution in [1.82, 2.24) is 5.32 Å². The van der Waals surface area contributed by atoms with E-state index in [4.69, 9.17) is 0 Å². The zero-order valence-electron chi connectivity index (χ0n) is 16.9. The molecule has 0 spiro atoms. The lowest BCUT2D eigenvalue weighted by Crippen LogP contribution is -2.36. The van der Waals surface area contributed by atoms with Crippen LogP contribution in [0.25, 0.3) is 0 Å². The Labute approximate surface area is 172 Å². The van der Waals surface area contributed by atoms with E-state index in [0.717, 1.165) is 24.9 Å². The fraction of sp³-hybridized carbons (Fsp3) is 0.360. The SMILES string of the molecule is CC(N/C=C(/C#N)C(=O)N1CCCc2ccccc21)c1ccc2c(c1)CCCC2. The predicted octanol–water partition coefficient (Wildman–Crippen LogP) is 4.60. The van der Waals surface area contributed by atoms with E-state index in [1.54, 1.807) is 11.1 Å². The van der Waals surface area contributed by atoms with Gasteiger partial charge in [0, 0.05) is 24.5 Å². The summed E-state index contributed by atoms with van der Waals surface area (Å²) < 4.78 is 0. The van der Waals surface area contributed by atoms with Crippen LogP contribution in [0.4, 0.5) is 5.69 Å². The maximum Gasteiger partial charge on any atom is 0.270 e. The number of nitrogens with one attached hydrogen (secondary N) is 1. The van der Waals surface area contributed by atoms with Gasteiger partial charge in [0.05, 0.1) is 0 Å². The van der Waals surface area contributed by atoms with Gasteiger partial charge < -0.3 is 10.2 Å². The average molecular weight is 386 g/mol. The number of hydrogen-bond donors (Lipinski definition) is 1. The van der Waals surface area contributed by atoms with Gasteiger partial charge in [-0.1, -0.05) is 36.4 Å².